The van der Waals surface area contributed by atoms with Gasteiger partial charge < -0.3 is 5.32 Å². The first kappa shape index (κ1) is 12.0. The maximum atomic E-state index is 11.8. The van der Waals surface area contributed by atoms with Gasteiger partial charge in [-0.1, -0.05) is 20.8 Å². The predicted molar refractivity (Wildman–Crippen MR) is 62.0 cm³/mol. The maximum Gasteiger partial charge on any atom is 0.222 e. The monoisotopic (exact) mass is 237 g/mol. The second-order valence-corrected chi connectivity index (χ2v) is 5.70. The van der Waals surface area contributed by atoms with Crippen LogP contribution in [0, 0.1) is 5.41 Å². The highest BCUT2D eigenvalue weighted by Crippen LogP contribution is 2.49. The quantitative estimate of drug-likeness (QED) is 0.839. The Morgan fingerprint density at radius 1 is 1.47 bits per heavy atom. The normalized spacial score (nSPS) is 17.8. The van der Waals surface area contributed by atoms with Gasteiger partial charge >= 0.3 is 0 Å². The van der Waals surface area contributed by atoms with Crippen LogP contribution in [0.1, 0.15) is 40.0 Å². The minimum atomic E-state index is 0.00466. The van der Waals surface area contributed by atoms with Crippen molar-refractivity contribution in [2.24, 2.45) is 5.41 Å². The fraction of sp³-hybridized carbons (Fsp3) is 0.818. The van der Waals surface area contributed by atoms with Crippen LogP contribution in [0.15, 0.2) is 6.33 Å². The number of rotatable bonds is 4. The molecule has 1 fully saturated rings. The Morgan fingerprint density at radius 3 is 2.65 bits per heavy atom. The first-order chi connectivity index (χ1) is 7.93. The van der Waals surface area contributed by atoms with Crippen LogP contribution in [0.3, 0.4) is 0 Å². The number of carbonyl (C=O) groups excluding carboxylic acids is 1. The lowest BCUT2D eigenvalue weighted by molar-refractivity contribution is -0.123. The molecule has 1 aliphatic rings. The van der Waals surface area contributed by atoms with Crippen molar-refractivity contribution in [3.05, 3.63) is 6.33 Å². The molecule has 0 bridgehead atoms. The lowest BCUT2D eigenvalue weighted by Gasteiger charge is -2.31. The Bertz CT molecular complexity index is 388. The number of carbonyl (C=O) groups is 1. The molecular formula is C11H19N5O. The molecule has 1 aromatic rings. The van der Waals surface area contributed by atoms with Crippen LogP contribution in [0.4, 0.5) is 0 Å². The molecule has 0 radical (unpaired) electrons. The second-order valence-electron chi connectivity index (χ2n) is 5.70. The van der Waals surface area contributed by atoms with E-state index in [1.54, 1.807) is 4.68 Å². The van der Waals surface area contributed by atoms with Crippen LogP contribution in [-0.4, -0.2) is 31.7 Å². The Kier molecular flexibility index (Phi) is 2.89. The average molecular weight is 237 g/mol. The molecule has 0 aliphatic heterocycles. The highest BCUT2D eigenvalue weighted by Gasteiger charge is 2.52. The van der Waals surface area contributed by atoms with E-state index < -0.39 is 0 Å². The summed E-state index contributed by atoms with van der Waals surface area (Å²) in [5.41, 5.74) is 0.127. The lowest BCUT2D eigenvalue weighted by Crippen LogP contribution is -2.46. The lowest BCUT2D eigenvalue weighted by atomic mass is 9.84. The molecule has 0 atom stereocenters. The van der Waals surface area contributed by atoms with E-state index in [4.69, 9.17) is 0 Å². The van der Waals surface area contributed by atoms with Crippen LogP contribution < -0.4 is 5.32 Å². The van der Waals surface area contributed by atoms with Crippen LogP contribution in [-0.2, 0) is 11.3 Å². The molecule has 1 amide bonds. The average Bonchev–Trinajstić information content (AvgIpc) is 2.84. The third-order valence-electron chi connectivity index (χ3n) is 3.52. The van der Waals surface area contributed by atoms with Gasteiger partial charge in [-0.2, -0.15) is 0 Å². The minimum absolute atomic E-state index is 0.00466. The molecule has 6 nitrogen and oxygen atoms in total. The van der Waals surface area contributed by atoms with Gasteiger partial charge in [0, 0.05) is 12.0 Å². The molecule has 6 heteroatoms. The summed E-state index contributed by atoms with van der Waals surface area (Å²) in [6, 6.07) is 0. The van der Waals surface area contributed by atoms with E-state index in [-0.39, 0.29) is 16.9 Å². The smallest absolute Gasteiger partial charge is 0.222 e. The molecular weight excluding hydrogens is 218 g/mol. The van der Waals surface area contributed by atoms with Crippen molar-refractivity contribution in [3.63, 3.8) is 0 Å². The molecule has 1 aromatic heterocycles. The van der Waals surface area contributed by atoms with E-state index in [1.165, 1.54) is 6.33 Å². The number of nitrogens with zero attached hydrogens (tertiary/aromatic N) is 4. The summed E-state index contributed by atoms with van der Waals surface area (Å²) < 4.78 is 1.57. The fourth-order valence-electron chi connectivity index (χ4n) is 2.02. The number of tetrazole rings is 1. The third kappa shape index (κ3) is 2.62. The van der Waals surface area contributed by atoms with E-state index in [9.17, 15) is 4.79 Å². The maximum absolute atomic E-state index is 11.8. The second kappa shape index (κ2) is 4.09. The molecule has 1 heterocycles. The number of aromatic nitrogens is 4. The van der Waals surface area contributed by atoms with Crippen molar-refractivity contribution in [2.45, 2.75) is 52.1 Å². The first-order valence-electron chi connectivity index (χ1n) is 5.95. The van der Waals surface area contributed by atoms with Crippen LogP contribution in [0.25, 0.3) is 0 Å². The van der Waals surface area contributed by atoms with Crippen molar-refractivity contribution >= 4 is 5.91 Å². The number of hydrogen-bond donors (Lipinski definition) is 1. The predicted octanol–water partition coefficient (Wildman–Crippen LogP) is 0.758. The van der Waals surface area contributed by atoms with Crippen LogP contribution in [0.5, 0.6) is 0 Å². The van der Waals surface area contributed by atoms with Gasteiger partial charge in [-0.05, 0) is 28.7 Å². The summed E-state index contributed by atoms with van der Waals surface area (Å²) in [6.45, 7) is 7.03. The van der Waals surface area contributed by atoms with Gasteiger partial charge in [0.2, 0.25) is 5.91 Å². The Labute approximate surface area is 101 Å². The zero-order chi connectivity index (χ0) is 12.5. The Hall–Kier alpha value is -1.46. The zero-order valence-corrected chi connectivity index (χ0v) is 10.6. The summed E-state index contributed by atoms with van der Waals surface area (Å²) in [5.74, 6) is 0.0768. The molecule has 1 aliphatic carbocycles. The topological polar surface area (TPSA) is 72.7 Å². The van der Waals surface area contributed by atoms with Crippen molar-refractivity contribution in [2.75, 3.05) is 0 Å². The van der Waals surface area contributed by atoms with Gasteiger partial charge in [0.15, 0.2) is 0 Å². The van der Waals surface area contributed by atoms with Gasteiger partial charge in [0.05, 0.1) is 6.54 Å². The third-order valence-corrected chi connectivity index (χ3v) is 3.52. The highest BCUT2D eigenvalue weighted by molar-refractivity contribution is 5.77. The van der Waals surface area contributed by atoms with Crippen molar-refractivity contribution in [3.8, 4) is 0 Å². The van der Waals surface area contributed by atoms with Crippen molar-refractivity contribution in [1.82, 2.24) is 25.5 Å². The number of nitrogens with one attached hydrogen (secondary N) is 1. The highest BCUT2D eigenvalue weighted by atomic mass is 16.1. The van der Waals surface area contributed by atoms with Gasteiger partial charge in [-0.15, -0.1) is 5.10 Å². The number of amides is 1. The summed E-state index contributed by atoms with van der Waals surface area (Å²) in [6.07, 6.45) is 4.09. The molecule has 1 saturated carbocycles. The van der Waals surface area contributed by atoms with Crippen molar-refractivity contribution in [1.29, 1.82) is 0 Å². The molecule has 1 N–H and O–H groups in total. The van der Waals surface area contributed by atoms with Gasteiger partial charge in [-0.25, -0.2) is 4.68 Å². The Morgan fingerprint density at radius 2 is 2.18 bits per heavy atom. The van der Waals surface area contributed by atoms with E-state index in [2.05, 4.69) is 41.6 Å². The van der Waals surface area contributed by atoms with E-state index in [1.807, 2.05) is 0 Å². The van der Waals surface area contributed by atoms with Gasteiger partial charge in [0.1, 0.15) is 6.33 Å². The largest absolute Gasteiger partial charge is 0.350 e. The summed E-state index contributed by atoms with van der Waals surface area (Å²) in [4.78, 5) is 11.8. The summed E-state index contributed by atoms with van der Waals surface area (Å²) in [7, 11) is 0. The van der Waals surface area contributed by atoms with E-state index in [0.29, 0.717) is 13.0 Å². The fourth-order valence-corrected chi connectivity index (χ4v) is 2.02. The van der Waals surface area contributed by atoms with Crippen LogP contribution >= 0.6 is 0 Å². The standard InChI is InChI=1S/C11H19N5O/c1-10(2,3)11(5-6-11)13-9(17)4-7-16-8-12-14-15-16/h8H,4-7H2,1-3H3,(H,13,17). The summed E-state index contributed by atoms with van der Waals surface area (Å²) in [5, 5.41) is 13.9. The number of hydrogen-bond acceptors (Lipinski definition) is 4. The zero-order valence-electron chi connectivity index (χ0n) is 10.6. The molecule has 0 saturated heterocycles. The van der Waals surface area contributed by atoms with E-state index in [0.717, 1.165) is 12.8 Å². The molecule has 17 heavy (non-hydrogen) atoms. The van der Waals surface area contributed by atoms with Gasteiger partial charge in [0.25, 0.3) is 0 Å². The molecule has 94 valence electrons. The van der Waals surface area contributed by atoms with E-state index >= 15 is 0 Å². The Balaban J connectivity index is 1.82. The molecule has 0 aromatic carbocycles. The minimum Gasteiger partial charge on any atom is -0.350 e. The summed E-state index contributed by atoms with van der Waals surface area (Å²) >= 11 is 0. The van der Waals surface area contributed by atoms with Gasteiger partial charge in [-0.3, -0.25) is 4.79 Å². The number of aryl methyl sites for hydroxylation is 1. The SMILES string of the molecule is CC(C)(C)C1(NC(=O)CCn2cnnn2)CC1. The molecule has 0 unspecified atom stereocenters. The van der Waals surface area contributed by atoms with Crippen molar-refractivity contribution < 1.29 is 4.79 Å². The molecule has 2 rings (SSSR count). The first-order valence-corrected chi connectivity index (χ1v) is 5.95. The molecule has 0 spiro atoms. The van der Waals surface area contributed by atoms with Crippen LogP contribution in [0.2, 0.25) is 0 Å².